The number of benzene rings is 2. The molecular formula is C23H28N4O2. The highest BCUT2D eigenvalue weighted by Crippen LogP contribution is 2.18. The number of carbonyl (C=O) groups is 1. The predicted octanol–water partition coefficient (Wildman–Crippen LogP) is 3.32. The van der Waals surface area contributed by atoms with E-state index in [-0.39, 0.29) is 12.0 Å². The van der Waals surface area contributed by atoms with Crippen molar-refractivity contribution in [1.29, 1.82) is 0 Å². The van der Waals surface area contributed by atoms with Gasteiger partial charge in [0.05, 0.1) is 23.7 Å². The molecule has 0 unspecified atom stereocenters. The van der Waals surface area contributed by atoms with E-state index in [0.717, 1.165) is 55.3 Å². The van der Waals surface area contributed by atoms with Crippen LogP contribution in [0.5, 0.6) is 5.75 Å². The average Bonchev–Trinajstić information content (AvgIpc) is 3.04. The molecule has 29 heavy (non-hydrogen) atoms. The van der Waals surface area contributed by atoms with E-state index in [4.69, 9.17) is 9.72 Å². The first-order chi connectivity index (χ1) is 14.0. The van der Waals surface area contributed by atoms with Crippen LogP contribution in [-0.4, -0.2) is 57.5 Å². The second-order valence-corrected chi connectivity index (χ2v) is 7.84. The number of hydrogen-bond acceptors (Lipinski definition) is 4. The Morgan fingerprint density at radius 3 is 2.38 bits per heavy atom. The molecule has 6 nitrogen and oxygen atoms in total. The van der Waals surface area contributed by atoms with Crippen LogP contribution in [0.15, 0.2) is 48.5 Å². The van der Waals surface area contributed by atoms with Crippen LogP contribution in [0, 0.1) is 0 Å². The molecule has 6 heteroatoms. The predicted molar refractivity (Wildman–Crippen MR) is 114 cm³/mol. The van der Waals surface area contributed by atoms with Crippen molar-refractivity contribution in [3.63, 3.8) is 0 Å². The Hall–Kier alpha value is -2.86. The largest absolute Gasteiger partial charge is 0.491 e. The summed E-state index contributed by atoms with van der Waals surface area (Å²) in [5.41, 5.74) is 2.90. The van der Waals surface area contributed by atoms with Gasteiger partial charge in [-0.1, -0.05) is 12.1 Å². The third-order valence-electron chi connectivity index (χ3n) is 5.38. The molecule has 1 aliphatic heterocycles. The van der Waals surface area contributed by atoms with E-state index in [0.29, 0.717) is 5.56 Å². The summed E-state index contributed by atoms with van der Waals surface area (Å²) in [4.78, 5) is 21.9. The lowest BCUT2D eigenvalue weighted by atomic mass is 10.1. The SMILES string of the molecule is CC(C)Oc1ccc(C(=O)N2CCN(Cc3nc4ccccc4n3C)CC2)cc1. The Labute approximate surface area is 171 Å². The highest BCUT2D eigenvalue weighted by atomic mass is 16.5. The van der Waals surface area contributed by atoms with Crippen LogP contribution in [0.1, 0.15) is 30.0 Å². The fourth-order valence-corrected chi connectivity index (χ4v) is 3.78. The molecule has 2 aromatic carbocycles. The van der Waals surface area contributed by atoms with E-state index >= 15 is 0 Å². The molecule has 1 aliphatic rings. The van der Waals surface area contributed by atoms with Crippen molar-refractivity contribution in [3.8, 4) is 5.75 Å². The van der Waals surface area contributed by atoms with Gasteiger partial charge in [0, 0.05) is 38.8 Å². The normalized spacial score (nSPS) is 15.2. The van der Waals surface area contributed by atoms with Gasteiger partial charge >= 0.3 is 0 Å². The standard InChI is InChI=1S/C23H28N4O2/c1-17(2)29-19-10-8-18(9-11-19)23(28)27-14-12-26(13-15-27)16-22-24-20-6-4-5-7-21(20)25(22)3/h4-11,17H,12-16H2,1-3H3. The molecule has 1 fully saturated rings. The number of piperazine rings is 1. The smallest absolute Gasteiger partial charge is 0.253 e. The number of fused-ring (bicyclic) bond motifs is 1. The lowest BCUT2D eigenvalue weighted by Crippen LogP contribution is -2.48. The highest BCUT2D eigenvalue weighted by molar-refractivity contribution is 5.94. The van der Waals surface area contributed by atoms with Crippen molar-refractivity contribution in [2.45, 2.75) is 26.5 Å². The summed E-state index contributed by atoms with van der Waals surface area (Å²) in [5, 5.41) is 0. The summed E-state index contributed by atoms with van der Waals surface area (Å²) in [7, 11) is 2.07. The van der Waals surface area contributed by atoms with E-state index < -0.39 is 0 Å². The Bertz CT molecular complexity index is 986. The minimum atomic E-state index is 0.0866. The molecule has 4 rings (SSSR count). The van der Waals surface area contributed by atoms with Crippen LogP contribution in [0.2, 0.25) is 0 Å². The number of aryl methyl sites for hydroxylation is 1. The maximum Gasteiger partial charge on any atom is 0.253 e. The molecule has 0 aliphatic carbocycles. The molecular weight excluding hydrogens is 364 g/mol. The van der Waals surface area contributed by atoms with E-state index in [1.165, 1.54) is 0 Å². The van der Waals surface area contributed by atoms with Gasteiger partial charge in [0.2, 0.25) is 0 Å². The van der Waals surface area contributed by atoms with Gasteiger partial charge in [0.15, 0.2) is 0 Å². The van der Waals surface area contributed by atoms with Crippen LogP contribution in [0.4, 0.5) is 0 Å². The molecule has 152 valence electrons. The zero-order valence-electron chi connectivity index (χ0n) is 17.3. The third kappa shape index (κ3) is 4.27. The quantitative estimate of drug-likeness (QED) is 0.668. The summed E-state index contributed by atoms with van der Waals surface area (Å²) in [5.74, 6) is 1.94. The van der Waals surface area contributed by atoms with Gasteiger partial charge in [-0.2, -0.15) is 0 Å². The van der Waals surface area contributed by atoms with Gasteiger partial charge in [0.1, 0.15) is 11.6 Å². The van der Waals surface area contributed by atoms with Crippen LogP contribution in [0.3, 0.4) is 0 Å². The van der Waals surface area contributed by atoms with Gasteiger partial charge in [-0.05, 0) is 50.2 Å². The minimum Gasteiger partial charge on any atom is -0.491 e. The fourth-order valence-electron chi connectivity index (χ4n) is 3.78. The highest BCUT2D eigenvalue weighted by Gasteiger charge is 2.23. The van der Waals surface area contributed by atoms with Gasteiger partial charge in [-0.15, -0.1) is 0 Å². The molecule has 0 atom stereocenters. The number of para-hydroxylation sites is 2. The molecule has 0 radical (unpaired) electrons. The Kier molecular flexibility index (Phi) is 5.53. The monoisotopic (exact) mass is 392 g/mol. The Balaban J connectivity index is 1.35. The topological polar surface area (TPSA) is 50.6 Å². The second-order valence-electron chi connectivity index (χ2n) is 7.84. The van der Waals surface area contributed by atoms with E-state index in [1.807, 2.05) is 61.2 Å². The maximum absolute atomic E-state index is 12.8. The van der Waals surface area contributed by atoms with Crippen molar-refractivity contribution in [3.05, 3.63) is 59.9 Å². The van der Waals surface area contributed by atoms with Crippen molar-refractivity contribution in [2.75, 3.05) is 26.2 Å². The number of hydrogen-bond donors (Lipinski definition) is 0. The molecule has 1 amide bonds. The number of ether oxygens (including phenoxy) is 1. The molecule has 1 aromatic heterocycles. The summed E-state index contributed by atoms with van der Waals surface area (Å²) in [6.07, 6.45) is 0.126. The maximum atomic E-state index is 12.8. The molecule has 0 saturated carbocycles. The number of imidazole rings is 1. The van der Waals surface area contributed by atoms with E-state index in [2.05, 4.69) is 22.6 Å². The third-order valence-corrected chi connectivity index (χ3v) is 5.38. The molecule has 0 spiro atoms. The number of nitrogens with zero attached hydrogens (tertiary/aromatic N) is 4. The summed E-state index contributed by atoms with van der Waals surface area (Å²) in [6.45, 7) is 7.94. The molecule has 1 saturated heterocycles. The van der Waals surface area contributed by atoms with Gasteiger partial charge in [-0.3, -0.25) is 9.69 Å². The molecule has 3 aromatic rings. The zero-order valence-corrected chi connectivity index (χ0v) is 17.3. The van der Waals surface area contributed by atoms with Crippen LogP contribution >= 0.6 is 0 Å². The average molecular weight is 393 g/mol. The van der Waals surface area contributed by atoms with E-state index in [9.17, 15) is 4.79 Å². The van der Waals surface area contributed by atoms with Crippen molar-refractivity contribution < 1.29 is 9.53 Å². The first kappa shape index (κ1) is 19.5. The Morgan fingerprint density at radius 1 is 1.03 bits per heavy atom. The van der Waals surface area contributed by atoms with E-state index in [1.54, 1.807) is 0 Å². The summed E-state index contributed by atoms with van der Waals surface area (Å²) >= 11 is 0. The van der Waals surface area contributed by atoms with Gasteiger partial charge < -0.3 is 14.2 Å². The van der Waals surface area contributed by atoms with Crippen molar-refractivity contribution >= 4 is 16.9 Å². The first-order valence-electron chi connectivity index (χ1n) is 10.2. The van der Waals surface area contributed by atoms with Crippen LogP contribution < -0.4 is 4.74 Å². The number of aromatic nitrogens is 2. The first-order valence-corrected chi connectivity index (χ1v) is 10.2. The number of rotatable bonds is 5. The van der Waals surface area contributed by atoms with Gasteiger partial charge in [-0.25, -0.2) is 4.98 Å². The summed E-state index contributed by atoms with van der Waals surface area (Å²) in [6, 6.07) is 15.7. The number of amides is 1. The fraction of sp³-hybridized carbons (Fsp3) is 0.391. The zero-order chi connectivity index (χ0) is 20.4. The van der Waals surface area contributed by atoms with Crippen molar-refractivity contribution in [2.24, 2.45) is 7.05 Å². The van der Waals surface area contributed by atoms with Crippen LogP contribution in [0.25, 0.3) is 11.0 Å². The minimum absolute atomic E-state index is 0.0866. The molecule has 0 bridgehead atoms. The van der Waals surface area contributed by atoms with Crippen molar-refractivity contribution in [1.82, 2.24) is 19.4 Å². The lowest BCUT2D eigenvalue weighted by Gasteiger charge is -2.34. The Morgan fingerprint density at radius 2 is 1.72 bits per heavy atom. The summed E-state index contributed by atoms with van der Waals surface area (Å²) < 4.78 is 7.82. The molecule has 0 N–H and O–H groups in total. The second kappa shape index (κ2) is 8.25. The molecule has 2 heterocycles. The number of carbonyl (C=O) groups excluding carboxylic acids is 1. The lowest BCUT2D eigenvalue weighted by molar-refractivity contribution is 0.0624. The van der Waals surface area contributed by atoms with Crippen LogP contribution in [-0.2, 0) is 13.6 Å². The van der Waals surface area contributed by atoms with Gasteiger partial charge in [0.25, 0.3) is 5.91 Å².